The third-order valence-electron chi connectivity index (χ3n) is 2.05. The van der Waals surface area contributed by atoms with E-state index < -0.39 is 0 Å². The molecule has 2 nitrogen and oxygen atoms in total. The first-order valence-electron chi connectivity index (χ1n) is 3.78. The van der Waals surface area contributed by atoms with Crippen molar-refractivity contribution in [2.45, 2.75) is 18.9 Å². The van der Waals surface area contributed by atoms with Gasteiger partial charge in [-0.05, 0) is 42.5 Å². The van der Waals surface area contributed by atoms with E-state index in [0.29, 0.717) is 11.1 Å². The number of hydrogen-bond acceptors (Lipinski definition) is 2. The molecule has 0 spiro atoms. The Kier molecular flexibility index (Phi) is 1.66. The zero-order chi connectivity index (χ0) is 7.84. The van der Waals surface area contributed by atoms with Gasteiger partial charge in [0.25, 0.3) is 0 Å². The van der Waals surface area contributed by atoms with E-state index in [4.69, 9.17) is 21.8 Å². The summed E-state index contributed by atoms with van der Waals surface area (Å²) in [5.74, 6) is 1.44. The van der Waals surface area contributed by atoms with Crippen LogP contribution in [0.2, 0.25) is 5.22 Å². The lowest BCUT2D eigenvalue weighted by atomic mass is 10.1. The topological polar surface area (TPSA) is 39.2 Å². The number of nitrogens with two attached hydrogens (primary N) is 1. The minimum absolute atomic E-state index is 0.0579. The molecule has 1 heterocycles. The van der Waals surface area contributed by atoms with Crippen LogP contribution in [0.5, 0.6) is 0 Å². The number of hydrogen-bond donors (Lipinski definition) is 1. The lowest BCUT2D eigenvalue weighted by Gasteiger charge is -2.04. The van der Waals surface area contributed by atoms with Crippen molar-refractivity contribution in [1.29, 1.82) is 0 Å². The molecule has 0 bridgehead atoms. The first kappa shape index (κ1) is 7.19. The third-order valence-corrected chi connectivity index (χ3v) is 2.26. The molecule has 1 atom stereocenters. The fraction of sp³-hybridized carbons (Fsp3) is 0.500. The number of furan rings is 1. The molecule has 3 heteroatoms. The number of rotatable bonds is 2. The maximum Gasteiger partial charge on any atom is 0.193 e. The Balaban J connectivity index is 2.14. The second kappa shape index (κ2) is 2.54. The summed E-state index contributed by atoms with van der Waals surface area (Å²) in [6.45, 7) is 0. The van der Waals surface area contributed by atoms with Gasteiger partial charge in [0.2, 0.25) is 0 Å². The van der Waals surface area contributed by atoms with E-state index in [2.05, 4.69) is 0 Å². The Bertz CT molecular complexity index is 254. The van der Waals surface area contributed by atoms with Gasteiger partial charge in [-0.15, -0.1) is 0 Å². The van der Waals surface area contributed by atoms with E-state index >= 15 is 0 Å². The highest BCUT2D eigenvalue weighted by Crippen LogP contribution is 2.40. The van der Waals surface area contributed by atoms with E-state index in [1.165, 1.54) is 12.8 Å². The molecule has 0 unspecified atom stereocenters. The molecule has 1 aromatic heterocycles. The first-order valence-corrected chi connectivity index (χ1v) is 4.16. The van der Waals surface area contributed by atoms with Gasteiger partial charge in [0, 0.05) is 0 Å². The normalized spacial score (nSPS) is 20.2. The molecule has 0 aromatic carbocycles. The Morgan fingerprint density at radius 1 is 1.55 bits per heavy atom. The Morgan fingerprint density at radius 2 is 2.27 bits per heavy atom. The average molecular weight is 172 g/mol. The van der Waals surface area contributed by atoms with Crippen LogP contribution in [-0.4, -0.2) is 0 Å². The van der Waals surface area contributed by atoms with E-state index in [1.807, 2.05) is 6.07 Å². The lowest BCUT2D eigenvalue weighted by molar-refractivity contribution is 0.444. The van der Waals surface area contributed by atoms with Crippen molar-refractivity contribution in [1.82, 2.24) is 0 Å². The van der Waals surface area contributed by atoms with Crippen molar-refractivity contribution < 1.29 is 4.42 Å². The van der Waals surface area contributed by atoms with Gasteiger partial charge >= 0.3 is 0 Å². The van der Waals surface area contributed by atoms with Gasteiger partial charge in [-0.25, -0.2) is 0 Å². The molecule has 2 N–H and O–H groups in total. The standard InChI is InChI=1S/C8H10ClNO/c9-7-4-3-6(11-7)8(10)5-1-2-5/h3-5,8H,1-2,10H2/t8-/m1/s1. The summed E-state index contributed by atoms with van der Waals surface area (Å²) in [6, 6.07) is 3.65. The Labute approximate surface area is 70.3 Å². The molecule has 1 aromatic rings. The minimum Gasteiger partial charge on any atom is -0.448 e. The SMILES string of the molecule is N[C@@H](c1ccc(Cl)o1)C1CC1. The molecule has 60 valence electrons. The summed E-state index contributed by atoms with van der Waals surface area (Å²) < 4.78 is 5.19. The Hall–Kier alpha value is -0.470. The molecule has 1 saturated carbocycles. The van der Waals surface area contributed by atoms with E-state index in [9.17, 15) is 0 Å². The van der Waals surface area contributed by atoms with Crippen molar-refractivity contribution in [2.75, 3.05) is 0 Å². The third kappa shape index (κ3) is 1.42. The number of halogens is 1. The van der Waals surface area contributed by atoms with Crippen molar-refractivity contribution in [3.8, 4) is 0 Å². The van der Waals surface area contributed by atoms with Gasteiger partial charge in [0.1, 0.15) is 5.76 Å². The van der Waals surface area contributed by atoms with Crippen LogP contribution in [0.3, 0.4) is 0 Å². The van der Waals surface area contributed by atoms with Crippen molar-refractivity contribution >= 4 is 11.6 Å². The quantitative estimate of drug-likeness (QED) is 0.742. The van der Waals surface area contributed by atoms with Gasteiger partial charge in [-0.3, -0.25) is 0 Å². The lowest BCUT2D eigenvalue weighted by Crippen LogP contribution is -2.10. The second-order valence-corrected chi connectivity index (χ2v) is 3.38. The molecule has 1 fully saturated rings. The highest BCUT2D eigenvalue weighted by molar-refractivity contribution is 6.28. The highest BCUT2D eigenvalue weighted by Gasteiger charge is 2.31. The molecular weight excluding hydrogens is 162 g/mol. The summed E-state index contributed by atoms with van der Waals surface area (Å²) in [6.07, 6.45) is 2.44. The molecule has 1 aliphatic carbocycles. The first-order chi connectivity index (χ1) is 5.27. The van der Waals surface area contributed by atoms with Crippen LogP contribution in [0.15, 0.2) is 16.5 Å². The Morgan fingerprint density at radius 3 is 2.73 bits per heavy atom. The molecule has 0 saturated heterocycles. The summed E-state index contributed by atoms with van der Waals surface area (Å²) in [5, 5.41) is 0.427. The summed E-state index contributed by atoms with van der Waals surface area (Å²) >= 11 is 5.61. The molecule has 0 aliphatic heterocycles. The maximum absolute atomic E-state index is 5.86. The predicted octanol–water partition coefficient (Wildman–Crippen LogP) is 2.34. The van der Waals surface area contributed by atoms with Crippen LogP contribution < -0.4 is 5.73 Å². The molecule has 1 aliphatic rings. The van der Waals surface area contributed by atoms with Crippen LogP contribution in [0, 0.1) is 5.92 Å². The van der Waals surface area contributed by atoms with Crippen molar-refractivity contribution in [3.63, 3.8) is 0 Å². The van der Waals surface area contributed by atoms with Gasteiger partial charge in [0.05, 0.1) is 6.04 Å². The minimum atomic E-state index is 0.0579. The zero-order valence-corrected chi connectivity index (χ0v) is 6.84. The molecule has 0 amide bonds. The molecule has 11 heavy (non-hydrogen) atoms. The predicted molar refractivity (Wildman–Crippen MR) is 43.4 cm³/mol. The fourth-order valence-electron chi connectivity index (χ4n) is 1.20. The van der Waals surface area contributed by atoms with Crippen LogP contribution >= 0.6 is 11.6 Å². The van der Waals surface area contributed by atoms with Gasteiger partial charge in [0.15, 0.2) is 5.22 Å². The molecule has 2 rings (SSSR count). The summed E-state index contributed by atoms with van der Waals surface area (Å²) in [7, 11) is 0. The highest BCUT2D eigenvalue weighted by atomic mass is 35.5. The van der Waals surface area contributed by atoms with Crippen LogP contribution in [0.1, 0.15) is 24.6 Å². The van der Waals surface area contributed by atoms with Gasteiger partial charge in [-0.2, -0.15) is 0 Å². The largest absolute Gasteiger partial charge is 0.448 e. The fourth-order valence-corrected chi connectivity index (χ4v) is 1.35. The smallest absolute Gasteiger partial charge is 0.193 e. The summed E-state index contributed by atoms with van der Waals surface area (Å²) in [5.41, 5.74) is 5.86. The van der Waals surface area contributed by atoms with Crippen molar-refractivity contribution in [3.05, 3.63) is 23.1 Å². The average Bonchev–Trinajstić information content (AvgIpc) is 2.74. The van der Waals surface area contributed by atoms with E-state index in [-0.39, 0.29) is 6.04 Å². The van der Waals surface area contributed by atoms with Crippen LogP contribution in [-0.2, 0) is 0 Å². The maximum atomic E-state index is 5.86. The zero-order valence-electron chi connectivity index (χ0n) is 6.09. The van der Waals surface area contributed by atoms with Crippen LogP contribution in [0.25, 0.3) is 0 Å². The van der Waals surface area contributed by atoms with Gasteiger partial charge in [-0.1, -0.05) is 0 Å². The van der Waals surface area contributed by atoms with Crippen LogP contribution in [0.4, 0.5) is 0 Å². The van der Waals surface area contributed by atoms with E-state index in [1.54, 1.807) is 6.07 Å². The molecular formula is C8H10ClNO. The van der Waals surface area contributed by atoms with Gasteiger partial charge < -0.3 is 10.2 Å². The second-order valence-electron chi connectivity index (χ2n) is 3.01. The monoisotopic (exact) mass is 171 g/mol. The van der Waals surface area contributed by atoms with E-state index in [0.717, 1.165) is 5.76 Å². The molecule has 0 radical (unpaired) electrons. The summed E-state index contributed by atoms with van der Waals surface area (Å²) in [4.78, 5) is 0. The van der Waals surface area contributed by atoms with Crippen molar-refractivity contribution in [2.24, 2.45) is 11.7 Å².